The summed E-state index contributed by atoms with van der Waals surface area (Å²) in [4.78, 5) is 10.7. The van der Waals surface area contributed by atoms with Gasteiger partial charge in [0.2, 0.25) is 0 Å². The summed E-state index contributed by atoms with van der Waals surface area (Å²) < 4.78 is 2.48. The quantitative estimate of drug-likeness (QED) is 0.174. The van der Waals surface area contributed by atoms with E-state index in [0.717, 1.165) is 33.8 Å². The smallest absolute Gasteiger partial charge is 0.294 e. The highest BCUT2D eigenvalue weighted by Gasteiger charge is 2.61. The molecule has 5 aromatic carbocycles. The molecule has 2 unspecified atom stereocenters. The Morgan fingerprint density at radius 3 is 1.92 bits per heavy atom. The van der Waals surface area contributed by atoms with Crippen LogP contribution in [0.3, 0.4) is 0 Å². The number of hydrogen-bond acceptors (Lipinski definition) is 3. The van der Waals surface area contributed by atoms with Gasteiger partial charge < -0.3 is 14.4 Å². The van der Waals surface area contributed by atoms with Crippen molar-refractivity contribution in [3.8, 4) is 5.69 Å². The molecule has 2 atom stereocenters. The van der Waals surface area contributed by atoms with E-state index in [0.29, 0.717) is 0 Å². The topological polar surface area (TPSA) is 24.3 Å². The minimum atomic E-state index is 0.0509. The molecule has 4 aliphatic rings. The summed E-state index contributed by atoms with van der Waals surface area (Å²) in [7, 11) is 0. The molecular weight excluding hydrogens is 631 g/mol. The maximum atomic E-state index is 5.48. The Balaban J connectivity index is 1.16. The van der Waals surface area contributed by atoms with E-state index in [4.69, 9.17) is 4.98 Å². The first-order valence-electron chi connectivity index (χ1n) is 19.4. The molecule has 260 valence electrons. The van der Waals surface area contributed by atoms with E-state index in [-0.39, 0.29) is 28.5 Å². The number of anilines is 5. The molecule has 3 aliphatic heterocycles. The van der Waals surface area contributed by atoms with Crippen LogP contribution in [0, 0.1) is 0 Å². The first-order chi connectivity index (χ1) is 24.8. The van der Waals surface area contributed by atoms with Crippen molar-refractivity contribution in [1.82, 2.24) is 9.55 Å². The van der Waals surface area contributed by atoms with Crippen LogP contribution < -0.4 is 26.4 Å². The van der Waals surface area contributed by atoms with Crippen LogP contribution in [0.25, 0.3) is 16.7 Å². The van der Waals surface area contributed by atoms with E-state index in [9.17, 15) is 0 Å². The molecule has 6 aromatic rings. The van der Waals surface area contributed by atoms with E-state index in [2.05, 4.69) is 173 Å². The van der Waals surface area contributed by atoms with Crippen molar-refractivity contribution in [2.75, 3.05) is 9.80 Å². The zero-order chi connectivity index (χ0) is 35.9. The number of rotatable bonds is 3. The van der Waals surface area contributed by atoms with Gasteiger partial charge in [0, 0.05) is 39.5 Å². The zero-order valence-corrected chi connectivity index (χ0v) is 32.0. The Hall–Kier alpha value is -4.77. The second kappa shape index (κ2) is 10.4. The van der Waals surface area contributed by atoms with Gasteiger partial charge >= 0.3 is 0 Å². The summed E-state index contributed by atoms with van der Waals surface area (Å²) in [6, 6.07) is 39.3. The van der Waals surface area contributed by atoms with Crippen molar-refractivity contribution in [1.29, 1.82) is 0 Å². The third-order valence-corrected chi connectivity index (χ3v) is 13.5. The van der Waals surface area contributed by atoms with Crippen LogP contribution in [-0.2, 0) is 16.2 Å². The van der Waals surface area contributed by atoms with Crippen LogP contribution in [0.4, 0.5) is 28.4 Å². The number of nitrogens with zero attached hydrogens (tertiary/aromatic N) is 4. The van der Waals surface area contributed by atoms with Crippen LogP contribution in [0.1, 0.15) is 97.8 Å². The molecule has 0 radical (unpaired) electrons. The Morgan fingerprint density at radius 1 is 0.673 bits per heavy atom. The maximum absolute atomic E-state index is 5.48. The van der Waals surface area contributed by atoms with Crippen molar-refractivity contribution in [3.63, 3.8) is 0 Å². The fraction of sp³-hybridized carbons (Fsp3) is 0.340. The summed E-state index contributed by atoms with van der Waals surface area (Å²) in [5.41, 5.74) is 18.3. The van der Waals surface area contributed by atoms with Crippen molar-refractivity contribution in [3.05, 3.63) is 120 Å². The van der Waals surface area contributed by atoms with Gasteiger partial charge in [0.05, 0.1) is 22.3 Å². The van der Waals surface area contributed by atoms with E-state index in [1.54, 1.807) is 0 Å². The number of para-hydroxylation sites is 1. The maximum Gasteiger partial charge on any atom is 0.294 e. The minimum Gasteiger partial charge on any atom is -0.335 e. The summed E-state index contributed by atoms with van der Waals surface area (Å²) in [6.07, 6.45) is 5.04. The largest absolute Gasteiger partial charge is 0.335 e. The molecule has 0 spiro atoms. The zero-order valence-electron chi connectivity index (χ0n) is 32.0. The highest BCUT2D eigenvalue weighted by atomic mass is 15.3. The average molecular weight is 681 g/mol. The second-order valence-electron chi connectivity index (χ2n) is 18.4. The van der Waals surface area contributed by atoms with E-state index in [1.807, 2.05) is 0 Å². The number of imidazole rings is 1. The molecule has 0 bridgehead atoms. The first kappa shape index (κ1) is 31.9. The summed E-state index contributed by atoms with van der Waals surface area (Å²) in [6.45, 7) is 18.9. The minimum absolute atomic E-state index is 0.0509. The Labute approximate surface area is 309 Å². The highest BCUT2D eigenvalue weighted by molar-refractivity contribution is 6.99. The lowest BCUT2D eigenvalue weighted by molar-refractivity contribution is 0.195. The first-order valence-corrected chi connectivity index (χ1v) is 19.4. The predicted octanol–water partition coefficient (Wildman–Crippen LogP) is 9.98. The summed E-state index contributed by atoms with van der Waals surface area (Å²) in [5, 5.41) is 0. The lowest BCUT2D eigenvalue weighted by Crippen LogP contribution is -2.61. The van der Waals surface area contributed by atoms with Gasteiger partial charge in [-0.05, 0) is 113 Å². The molecule has 1 saturated carbocycles. The van der Waals surface area contributed by atoms with Crippen LogP contribution in [0.2, 0.25) is 0 Å². The van der Waals surface area contributed by atoms with Crippen molar-refractivity contribution in [2.45, 2.75) is 103 Å². The van der Waals surface area contributed by atoms with Gasteiger partial charge in [-0.25, -0.2) is 4.98 Å². The lowest BCUT2D eigenvalue weighted by atomic mass is 9.39. The van der Waals surface area contributed by atoms with Crippen LogP contribution in [-0.4, -0.2) is 21.8 Å². The van der Waals surface area contributed by atoms with Crippen molar-refractivity contribution < 1.29 is 0 Å². The van der Waals surface area contributed by atoms with Gasteiger partial charge in [0.15, 0.2) is 0 Å². The van der Waals surface area contributed by atoms with Gasteiger partial charge in [0.1, 0.15) is 0 Å². The fourth-order valence-corrected chi connectivity index (χ4v) is 10.4. The van der Waals surface area contributed by atoms with Gasteiger partial charge in [-0.2, -0.15) is 0 Å². The van der Waals surface area contributed by atoms with Crippen LogP contribution in [0.15, 0.2) is 103 Å². The average Bonchev–Trinajstić information content (AvgIpc) is 3.72. The SMILES string of the molecule is CC(C)(C)c1ccc(N(c2ccc(C(C)(C)C)cc2)c2ccc3nc4n(c3c2)-c2cccc3c2B4c2cccc4c2N3C2(C)CCCCC42C)cc1. The van der Waals surface area contributed by atoms with E-state index >= 15 is 0 Å². The van der Waals surface area contributed by atoms with Gasteiger partial charge in [-0.15, -0.1) is 0 Å². The van der Waals surface area contributed by atoms with Crippen molar-refractivity contribution >= 4 is 62.8 Å². The molecule has 5 heteroatoms. The Kier molecular flexibility index (Phi) is 6.40. The van der Waals surface area contributed by atoms with Crippen molar-refractivity contribution in [2.24, 2.45) is 0 Å². The molecule has 0 N–H and O–H groups in total. The normalized spacial score (nSPS) is 21.2. The molecule has 0 amide bonds. The highest BCUT2D eigenvalue weighted by Crippen LogP contribution is 2.61. The third-order valence-electron chi connectivity index (χ3n) is 13.5. The number of aromatic nitrogens is 2. The van der Waals surface area contributed by atoms with E-state index in [1.165, 1.54) is 70.4 Å². The molecule has 4 nitrogen and oxygen atoms in total. The Bertz CT molecular complexity index is 2370. The molecule has 4 heterocycles. The predicted molar refractivity (Wildman–Crippen MR) is 221 cm³/mol. The van der Waals surface area contributed by atoms with Gasteiger partial charge in [-0.3, -0.25) is 0 Å². The molecule has 52 heavy (non-hydrogen) atoms. The third kappa shape index (κ3) is 4.14. The summed E-state index contributed by atoms with van der Waals surface area (Å²) in [5.74, 6) is 0. The standard InChI is InChI=1S/C47H49BN4/c1-44(2,3)30-17-21-32(22-18-30)50(33-23-19-31(20-24-33)45(4,5)6)34-25-26-37-40(29-34)51-38-15-12-16-39-41(38)48(43(51)49-37)36-14-11-13-35-42(36)52(39)47(8)28-10-9-27-46(35,47)7/h11-26,29H,9-10,27-28H2,1-8H3. The molecule has 1 fully saturated rings. The van der Waals surface area contributed by atoms with Gasteiger partial charge in [0.25, 0.3) is 6.71 Å². The fourth-order valence-electron chi connectivity index (χ4n) is 10.4. The molecule has 10 rings (SSSR count). The van der Waals surface area contributed by atoms with Crippen LogP contribution in [0.5, 0.6) is 0 Å². The van der Waals surface area contributed by atoms with E-state index < -0.39 is 0 Å². The molecule has 1 aromatic heterocycles. The van der Waals surface area contributed by atoms with Crippen LogP contribution >= 0.6 is 0 Å². The van der Waals surface area contributed by atoms with Gasteiger partial charge in [-0.1, -0.05) is 110 Å². The number of fused-ring (bicyclic) bond motifs is 10. The molecule has 1 aliphatic carbocycles. The number of hydrogen-bond donors (Lipinski definition) is 0. The summed E-state index contributed by atoms with van der Waals surface area (Å²) >= 11 is 0. The molecule has 0 saturated heterocycles. The number of benzene rings is 5. The second-order valence-corrected chi connectivity index (χ2v) is 18.4. The molecular formula is C47H49BN4. The lowest BCUT2D eigenvalue weighted by Gasteiger charge is -2.51. The monoisotopic (exact) mass is 680 g/mol. The Morgan fingerprint density at radius 2 is 1.27 bits per heavy atom.